The highest BCUT2D eigenvalue weighted by molar-refractivity contribution is 5.41. The third kappa shape index (κ3) is 2.76. The van der Waals surface area contributed by atoms with Crippen molar-refractivity contribution in [1.82, 2.24) is 19.7 Å². The number of morpholine rings is 1. The van der Waals surface area contributed by atoms with Gasteiger partial charge in [-0.3, -0.25) is 4.68 Å². The Kier molecular flexibility index (Phi) is 3.41. The van der Waals surface area contributed by atoms with Gasteiger partial charge in [-0.2, -0.15) is 5.10 Å². The number of aryl methyl sites for hydroxylation is 3. The quantitative estimate of drug-likeness (QED) is 0.839. The summed E-state index contributed by atoms with van der Waals surface area (Å²) >= 11 is 0. The summed E-state index contributed by atoms with van der Waals surface area (Å²) in [5.74, 6) is 1.78. The first-order valence-corrected chi connectivity index (χ1v) is 7.17. The molecule has 0 spiro atoms. The Morgan fingerprint density at radius 1 is 1.29 bits per heavy atom. The molecule has 1 aliphatic heterocycles. The molecule has 0 aromatic carbocycles. The molecular weight excluding hydrogens is 266 g/mol. The Bertz CT molecular complexity index is 633. The highest BCUT2D eigenvalue weighted by atomic mass is 16.5. The van der Waals surface area contributed by atoms with Crippen molar-refractivity contribution in [2.45, 2.75) is 26.4 Å². The fourth-order valence-electron chi connectivity index (χ4n) is 2.79. The Morgan fingerprint density at radius 2 is 2.10 bits per heavy atom. The Hall–Kier alpha value is -1.95. The van der Waals surface area contributed by atoms with Gasteiger partial charge < -0.3 is 9.64 Å². The van der Waals surface area contributed by atoms with E-state index in [9.17, 15) is 0 Å². The second-order valence-electron chi connectivity index (χ2n) is 5.82. The average Bonchev–Trinajstić information content (AvgIpc) is 2.85. The largest absolute Gasteiger partial charge is 0.367 e. The number of nitrogens with zero attached hydrogens (tertiary/aromatic N) is 5. The van der Waals surface area contributed by atoms with E-state index < -0.39 is 0 Å². The molecule has 0 N–H and O–H groups in total. The van der Waals surface area contributed by atoms with Gasteiger partial charge in [-0.15, -0.1) is 0 Å². The van der Waals surface area contributed by atoms with Gasteiger partial charge in [0.15, 0.2) is 0 Å². The molecule has 2 aromatic heterocycles. The SMILES string of the molecule is Cc1cc(N2CCOC(C)(c3cnn(C)c3)C2)nc(C)n1. The first-order valence-electron chi connectivity index (χ1n) is 7.17. The normalized spacial score (nSPS) is 22.6. The van der Waals surface area contributed by atoms with E-state index in [0.717, 1.165) is 36.0 Å². The van der Waals surface area contributed by atoms with Crippen molar-refractivity contribution in [3.05, 3.63) is 35.5 Å². The van der Waals surface area contributed by atoms with Crippen LogP contribution in [0.4, 0.5) is 5.82 Å². The maximum absolute atomic E-state index is 6.04. The molecule has 1 unspecified atom stereocenters. The summed E-state index contributed by atoms with van der Waals surface area (Å²) in [4.78, 5) is 11.2. The molecule has 0 saturated carbocycles. The average molecular weight is 287 g/mol. The van der Waals surface area contributed by atoms with Gasteiger partial charge in [-0.25, -0.2) is 9.97 Å². The summed E-state index contributed by atoms with van der Waals surface area (Å²) in [7, 11) is 1.92. The van der Waals surface area contributed by atoms with Gasteiger partial charge in [0.25, 0.3) is 0 Å². The van der Waals surface area contributed by atoms with Crippen molar-refractivity contribution in [3.8, 4) is 0 Å². The number of hydrogen-bond acceptors (Lipinski definition) is 5. The maximum atomic E-state index is 6.04. The molecule has 0 amide bonds. The third-order valence-electron chi connectivity index (χ3n) is 3.87. The first-order chi connectivity index (χ1) is 9.96. The zero-order chi connectivity index (χ0) is 15.0. The minimum Gasteiger partial charge on any atom is -0.367 e. The number of aromatic nitrogens is 4. The van der Waals surface area contributed by atoms with Crippen LogP contribution in [-0.4, -0.2) is 39.4 Å². The fourth-order valence-corrected chi connectivity index (χ4v) is 2.79. The lowest BCUT2D eigenvalue weighted by Crippen LogP contribution is -2.48. The summed E-state index contributed by atoms with van der Waals surface area (Å²) < 4.78 is 7.85. The van der Waals surface area contributed by atoms with Crippen LogP contribution in [0.2, 0.25) is 0 Å². The molecule has 3 heterocycles. The second-order valence-corrected chi connectivity index (χ2v) is 5.82. The van der Waals surface area contributed by atoms with Gasteiger partial charge in [0.2, 0.25) is 0 Å². The predicted molar refractivity (Wildman–Crippen MR) is 80.2 cm³/mol. The fraction of sp³-hybridized carbons (Fsp3) is 0.533. The molecular formula is C15H21N5O. The molecule has 21 heavy (non-hydrogen) atoms. The molecule has 0 bridgehead atoms. The highest BCUT2D eigenvalue weighted by Gasteiger charge is 2.35. The van der Waals surface area contributed by atoms with E-state index in [1.807, 2.05) is 44.0 Å². The number of anilines is 1. The van der Waals surface area contributed by atoms with Crippen molar-refractivity contribution in [2.75, 3.05) is 24.6 Å². The van der Waals surface area contributed by atoms with Gasteiger partial charge in [0, 0.05) is 37.1 Å². The van der Waals surface area contributed by atoms with Gasteiger partial charge in [-0.05, 0) is 20.8 Å². The maximum Gasteiger partial charge on any atom is 0.132 e. The lowest BCUT2D eigenvalue weighted by atomic mass is 9.97. The van der Waals surface area contributed by atoms with Crippen LogP contribution >= 0.6 is 0 Å². The molecule has 1 saturated heterocycles. The molecule has 6 nitrogen and oxygen atoms in total. The Labute approximate surface area is 124 Å². The zero-order valence-electron chi connectivity index (χ0n) is 13.0. The first kappa shape index (κ1) is 14.0. The lowest BCUT2D eigenvalue weighted by molar-refractivity contribution is -0.0468. The molecule has 0 radical (unpaired) electrons. The van der Waals surface area contributed by atoms with Crippen LogP contribution in [0.3, 0.4) is 0 Å². The van der Waals surface area contributed by atoms with E-state index in [1.54, 1.807) is 0 Å². The van der Waals surface area contributed by atoms with Gasteiger partial charge in [-0.1, -0.05) is 0 Å². The Morgan fingerprint density at radius 3 is 2.76 bits per heavy atom. The van der Waals surface area contributed by atoms with Crippen molar-refractivity contribution in [2.24, 2.45) is 7.05 Å². The van der Waals surface area contributed by atoms with E-state index in [-0.39, 0.29) is 5.60 Å². The van der Waals surface area contributed by atoms with Gasteiger partial charge in [0.1, 0.15) is 17.2 Å². The van der Waals surface area contributed by atoms with Crippen molar-refractivity contribution in [3.63, 3.8) is 0 Å². The summed E-state index contributed by atoms with van der Waals surface area (Å²) in [6, 6.07) is 2.03. The molecule has 2 aromatic rings. The summed E-state index contributed by atoms with van der Waals surface area (Å²) in [6.07, 6.45) is 3.89. The molecule has 112 valence electrons. The monoisotopic (exact) mass is 287 g/mol. The molecule has 1 aliphatic rings. The van der Waals surface area contributed by atoms with E-state index >= 15 is 0 Å². The van der Waals surface area contributed by atoms with E-state index in [1.165, 1.54) is 0 Å². The molecule has 1 fully saturated rings. The number of hydrogen-bond donors (Lipinski definition) is 0. The summed E-state index contributed by atoms with van der Waals surface area (Å²) in [5.41, 5.74) is 1.73. The van der Waals surface area contributed by atoms with Crippen LogP contribution in [-0.2, 0) is 17.4 Å². The van der Waals surface area contributed by atoms with E-state index in [4.69, 9.17) is 4.74 Å². The van der Waals surface area contributed by atoms with E-state index in [0.29, 0.717) is 6.61 Å². The third-order valence-corrected chi connectivity index (χ3v) is 3.87. The van der Waals surface area contributed by atoms with Crippen molar-refractivity contribution < 1.29 is 4.74 Å². The molecule has 0 aliphatic carbocycles. The molecule has 3 rings (SSSR count). The van der Waals surface area contributed by atoms with Crippen LogP contribution in [0, 0.1) is 13.8 Å². The van der Waals surface area contributed by atoms with Crippen LogP contribution < -0.4 is 4.90 Å². The predicted octanol–water partition coefficient (Wildman–Crippen LogP) is 1.58. The smallest absolute Gasteiger partial charge is 0.132 e. The topological polar surface area (TPSA) is 56.1 Å². The van der Waals surface area contributed by atoms with Crippen LogP contribution in [0.5, 0.6) is 0 Å². The van der Waals surface area contributed by atoms with Crippen LogP contribution in [0.15, 0.2) is 18.5 Å². The van der Waals surface area contributed by atoms with Crippen LogP contribution in [0.25, 0.3) is 0 Å². The lowest BCUT2D eigenvalue weighted by Gasteiger charge is -2.40. The summed E-state index contributed by atoms with van der Waals surface area (Å²) in [5, 5.41) is 4.26. The highest BCUT2D eigenvalue weighted by Crippen LogP contribution is 2.31. The van der Waals surface area contributed by atoms with Crippen LogP contribution in [0.1, 0.15) is 24.0 Å². The molecule has 1 atom stereocenters. The van der Waals surface area contributed by atoms with Crippen molar-refractivity contribution >= 4 is 5.82 Å². The van der Waals surface area contributed by atoms with Gasteiger partial charge in [0.05, 0.1) is 19.3 Å². The van der Waals surface area contributed by atoms with Crippen molar-refractivity contribution in [1.29, 1.82) is 0 Å². The minimum atomic E-state index is -0.362. The summed E-state index contributed by atoms with van der Waals surface area (Å²) in [6.45, 7) is 8.31. The zero-order valence-corrected chi connectivity index (χ0v) is 13.0. The number of ether oxygens (including phenoxy) is 1. The van der Waals surface area contributed by atoms with Gasteiger partial charge >= 0.3 is 0 Å². The Balaban J connectivity index is 1.88. The number of rotatable bonds is 2. The molecule has 6 heteroatoms. The minimum absolute atomic E-state index is 0.362. The van der Waals surface area contributed by atoms with E-state index in [2.05, 4.69) is 26.9 Å². The second kappa shape index (κ2) is 5.11. The standard InChI is InChI=1S/C15H21N5O/c1-11-7-14(18-12(2)17-11)20-5-6-21-15(3,10-20)13-8-16-19(4)9-13/h7-9H,5-6,10H2,1-4H3.